The Balaban J connectivity index is 0.000000110. The van der Waals surface area contributed by atoms with Crippen molar-refractivity contribution in [2.45, 2.75) is 0 Å². The summed E-state index contributed by atoms with van der Waals surface area (Å²) in [6, 6.07) is 186. The summed E-state index contributed by atoms with van der Waals surface area (Å²) >= 11 is 0. The zero-order valence-corrected chi connectivity index (χ0v) is 80.3. The molecule has 0 unspecified atom stereocenters. The average molecular weight is 1880 g/mol. The molecule has 29 aromatic rings. The van der Waals surface area contributed by atoms with Gasteiger partial charge in [-0.05, 0) is 203 Å². The van der Waals surface area contributed by atoms with Crippen LogP contribution >= 0.6 is 0 Å². The van der Waals surface area contributed by atoms with Crippen LogP contribution < -0.4 is 0 Å². The van der Waals surface area contributed by atoms with Crippen LogP contribution in [-0.4, -0.2) is 44.9 Å². The van der Waals surface area contributed by atoms with E-state index in [1.54, 1.807) is 0 Å². The lowest BCUT2D eigenvalue weighted by Crippen LogP contribution is -2.01. The van der Waals surface area contributed by atoms with Gasteiger partial charge in [0.15, 0.2) is 52.4 Å². The molecule has 0 aliphatic heterocycles. The highest BCUT2D eigenvalue weighted by molar-refractivity contribution is 6.31. The van der Waals surface area contributed by atoms with Crippen LogP contribution in [0.5, 0.6) is 0 Å². The molecule has 0 aliphatic carbocycles. The summed E-state index contributed by atoms with van der Waals surface area (Å²) in [5, 5.41) is 32.5. The van der Waals surface area contributed by atoms with E-state index < -0.39 is 0 Å². The Bertz CT molecular complexity index is 10200. The lowest BCUT2D eigenvalue weighted by molar-refractivity contribution is 1.07. The average Bonchev–Trinajstić information content (AvgIpc) is 0.738. The van der Waals surface area contributed by atoms with Crippen LogP contribution in [0.4, 0.5) is 0 Å². The van der Waals surface area contributed by atoms with Crippen LogP contribution in [-0.2, 0) is 0 Å². The first-order chi connectivity index (χ1) is 73.3. The Morgan fingerprint density at radius 3 is 0.811 bits per heavy atom. The third-order valence-corrected chi connectivity index (χ3v) is 28.9. The lowest BCUT2D eigenvalue weighted by Gasteiger charge is -2.17. The quantitative estimate of drug-likeness (QED) is 0.104. The van der Waals surface area contributed by atoms with Crippen molar-refractivity contribution in [1.82, 2.24) is 44.9 Å². The zero-order valence-electron chi connectivity index (χ0n) is 80.3. The second-order valence-electron chi connectivity index (χ2n) is 37.6. The first-order valence-corrected chi connectivity index (χ1v) is 50.1. The van der Waals surface area contributed by atoms with E-state index in [-0.39, 0.29) is 0 Å². The molecule has 0 saturated carbocycles. The van der Waals surface area contributed by atoms with Crippen molar-refractivity contribution in [2.75, 3.05) is 0 Å². The maximum absolute atomic E-state index is 5.10. The summed E-state index contributed by atoms with van der Waals surface area (Å²) in [4.78, 5) is 45.2. The van der Waals surface area contributed by atoms with Crippen LogP contribution in [0.3, 0.4) is 0 Å². The van der Waals surface area contributed by atoms with E-state index in [0.717, 1.165) is 88.8 Å². The highest BCUT2D eigenvalue weighted by Gasteiger charge is 2.24. The molecule has 0 amide bonds. The highest BCUT2D eigenvalue weighted by atomic mass is 15.1. The molecular formula is C139H87N9. The van der Waals surface area contributed by atoms with E-state index in [0.29, 0.717) is 52.4 Å². The molecule has 0 atom stereocenters. The van der Waals surface area contributed by atoms with Gasteiger partial charge in [0.25, 0.3) is 0 Å². The molecule has 0 radical (unpaired) electrons. The molecule has 9 nitrogen and oxygen atoms in total. The molecule has 9 heteroatoms. The summed E-state index contributed by atoms with van der Waals surface area (Å²) in [5.74, 6) is 5.85. The number of hydrogen-bond acceptors (Lipinski definition) is 9. The van der Waals surface area contributed by atoms with Crippen molar-refractivity contribution in [3.63, 3.8) is 0 Å². The monoisotopic (exact) mass is 1880 g/mol. The van der Waals surface area contributed by atoms with Gasteiger partial charge in [0.1, 0.15) is 0 Å². The largest absolute Gasteiger partial charge is 0.208 e. The van der Waals surface area contributed by atoms with Crippen molar-refractivity contribution in [3.8, 4) is 147 Å². The maximum atomic E-state index is 5.10. The van der Waals surface area contributed by atoms with Crippen LogP contribution in [0.15, 0.2) is 528 Å². The summed E-state index contributed by atoms with van der Waals surface area (Å²) < 4.78 is 0. The second-order valence-corrected chi connectivity index (χ2v) is 37.6. The minimum absolute atomic E-state index is 0.641. The van der Waals surface area contributed by atoms with Crippen molar-refractivity contribution < 1.29 is 0 Å². The van der Waals surface area contributed by atoms with E-state index in [2.05, 4.69) is 400 Å². The Labute approximate surface area is 853 Å². The third kappa shape index (κ3) is 16.2. The van der Waals surface area contributed by atoms with Gasteiger partial charge in [-0.25, -0.2) is 44.9 Å². The van der Waals surface area contributed by atoms with Gasteiger partial charge in [-0.2, -0.15) is 0 Å². The van der Waals surface area contributed by atoms with Gasteiger partial charge in [-0.15, -0.1) is 0 Å². The lowest BCUT2D eigenvalue weighted by atomic mass is 9.88. The van der Waals surface area contributed by atoms with Crippen LogP contribution in [0.1, 0.15) is 0 Å². The van der Waals surface area contributed by atoms with Gasteiger partial charge in [-0.1, -0.05) is 510 Å². The molecule has 0 N–H and O–H groups in total. The Morgan fingerprint density at radius 1 is 0.0878 bits per heavy atom. The summed E-state index contributed by atoms with van der Waals surface area (Å²) in [7, 11) is 0. The fourth-order valence-corrected chi connectivity index (χ4v) is 21.7. The molecule has 688 valence electrons. The Hall–Kier alpha value is -19.9. The Kier molecular flexibility index (Phi) is 22.1. The minimum atomic E-state index is 0.641. The highest BCUT2D eigenvalue weighted by Crippen LogP contribution is 2.48. The number of nitrogens with zero attached hydrogens (tertiary/aromatic N) is 9. The van der Waals surface area contributed by atoms with E-state index in [1.807, 2.05) is 127 Å². The standard InChI is InChI=1S/C49H31N3.C47H29N3.C43H27N3/c1-3-11-32(12-4-1)39-17-9-18-40(31-39)49-51-47(37-14-5-2-6-15-37)50-48(52-49)38-25-21-34(22-26-38)42-20-10-16-35-23-24-36-28-29-43-41-19-8-7-13-33(41)27-30-44(43)46(36)45(35)42;1-2-11-35(12-3-1)45-48-46(50-47(49-45)38-24-17-30-9-4-5-13-37(30)29-38)36-22-18-32(19-23-36)40-16-8-14-33-20-21-34-26-27-41-39-15-7-6-10-31(39)25-28-42(41)44(34)43(33)40;1-3-14-30(15-4-1)41-44-42(31-16-5-2-6-17-31)46-43(45-41)37-22-12-11-21-35(37)38-27-39-36(33-19-9-10-20-34(33)38)26-25-29-24-23-28-13-7-8-18-32(28)40(29)39/h1-31H;1-29H;1-27H. The SMILES string of the molecule is c1ccc(-c2cccc(-c3nc(-c4ccccc4)nc(-c4ccc(-c5cccc6ccc7ccc8c9ccccc9ccc8c7c56)cc4)n3)c2)cc1.c1ccc(-c2nc(-c3ccc(-c4cccc5ccc6ccc7c8ccccc8ccc7c6c45)cc3)nc(-c3ccc4ccccc4c3)n2)cc1.c1ccc(-c2nc(-c3ccccc3)nc(-c3ccccc3-c3cc4c(ccc5ccc6ccccc6c54)c4ccccc34)n2)cc1. The second kappa shape index (κ2) is 37.5. The first kappa shape index (κ1) is 87.2. The first-order valence-electron chi connectivity index (χ1n) is 50.1. The van der Waals surface area contributed by atoms with E-state index in [9.17, 15) is 0 Å². The van der Waals surface area contributed by atoms with Crippen molar-refractivity contribution in [1.29, 1.82) is 0 Å². The van der Waals surface area contributed by atoms with Crippen LogP contribution in [0.2, 0.25) is 0 Å². The molecule has 29 rings (SSSR count). The fourth-order valence-electron chi connectivity index (χ4n) is 21.7. The predicted molar refractivity (Wildman–Crippen MR) is 618 cm³/mol. The number of rotatable bonds is 13. The zero-order chi connectivity index (χ0) is 97.9. The van der Waals surface area contributed by atoms with Gasteiger partial charge < -0.3 is 0 Å². The number of fused-ring (bicyclic) bond motifs is 22. The molecule has 26 aromatic carbocycles. The normalized spacial score (nSPS) is 11.5. The molecule has 0 aliphatic rings. The maximum Gasteiger partial charge on any atom is 0.164 e. The molecule has 0 bridgehead atoms. The number of hydrogen-bond donors (Lipinski definition) is 0. The smallest absolute Gasteiger partial charge is 0.164 e. The number of aromatic nitrogens is 9. The molecule has 148 heavy (non-hydrogen) atoms. The molecule has 0 saturated heterocycles. The molecule has 3 heterocycles. The van der Waals surface area contributed by atoms with Crippen molar-refractivity contribution in [3.05, 3.63) is 528 Å². The fraction of sp³-hybridized carbons (Fsp3) is 0. The van der Waals surface area contributed by atoms with E-state index >= 15 is 0 Å². The summed E-state index contributed by atoms with van der Waals surface area (Å²) in [5.41, 5.74) is 17.8. The number of benzene rings is 26. The topological polar surface area (TPSA) is 116 Å². The summed E-state index contributed by atoms with van der Waals surface area (Å²) in [6.07, 6.45) is 0. The predicted octanol–water partition coefficient (Wildman–Crippen LogP) is 36.3. The van der Waals surface area contributed by atoms with Crippen LogP contribution in [0, 0.1) is 0 Å². The molecule has 0 fully saturated rings. The van der Waals surface area contributed by atoms with Gasteiger partial charge in [-0.3, -0.25) is 0 Å². The summed E-state index contributed by atoms with van der Waals surface area (Å²) in [6.45, 7) is 0. The Morgan fingerprint density at radius 2 is 0.345 bits per heavy atom. The van der Waals surface area contributed by atoms with Crippen LogP contribution in [0.25, 0.3) is 287 Å². The molecular weight excluding hydrogens is 1800 g/mol. The minimum Gasteiger partial charge on any atom is -0.208 e. The van der Waals surface area contributed by atoms with Crippen molar-refractivity contribution >= 4 is 140 Å². The van der Waals surface area contributed by atoms with E-state index in [4.69, 9.17) is 44.9 Å². The molecule has 0 spiro atoms. The molecule has 3 aromatic heterocycles. The van der Waals surface area contributed by atoms with Gasteiger partial charge in [0, 0.05) is 50.1 Å². The van der Waals surface area contributed by atoms with Gasteiger partial charge in [0.05, 0.1) is 0 Å². The van der Waals surface area contributed by atoms with E-state index in [1.165, 1.54) is 146 Å². The third-order valence-electron chi connectivity index (χ3n) is 28.9. The van der Waals surface area contributed by atoms with Gasteiger partial charge in [0.2, 0.25) is 0 Å². The van der Waals surface area contributed by atoms with Crippen molar-refractivity contribution in [2.24, 2.45) is 0 Å². The van der Waals surface area contributed by atoms with Gasteiger partial charge >= 0.3 is 0 Å².